The van der Waals surface area contributed by atoms with Crippen LogP contribution in [-0.4, -0.2) is 34.3 Å². The molecule has 5 nitrogen and oxygen atoms in total. The lowest BCUT2D eigenvalue weighted by atomic mass is 10.0. The third-order valence-electron chi connectivity index (χ3n) is 3.29. The van der Waals surface area contributed by atoms with Gasteiger partial charge in [0, 0.05) is 7.11 Å². The van der Waals surface area contributed by atoms with Crippen LogP contribution in [0.4, 0.5) is 0 Å². The van der Waals surface area contributed by atoms with Crippen LogP contribution in [0.5, 0.6) is 0 Å². The third kappa shape index (κ3) is 2.61. The Morgan fingerprint density at radius 3 is 2.79 bits per heavy atom. The van der Waals surface area contributed by atoms with Crippen LogP contribution in [0.25, 0.3) is 11.0 Å². The van der Waals surface area contributed by atoms with Crippen molar-refractivity contribution in [2.75, 3.05) is 13.7 Å². The number of aromatic carboxylic acids is 1. The number of hydrogen-bond donors (Lipinski definition) is 1. The van der Waals surface area contributed by atoms with Crippen LogP contribution in [0.2, 0.25) is 0 Å². The van der Waals surface area contributed by atoms with Crippen molar-refractivity contribution < 1.29 is 14.6 Å². The number of rotatable bonds is 5. The molecule has 1 heterocycles. The lowest BCUT2D eigenvalue weighted by molar-refractivity contribution is 0.0697. The second kappa shape index (κ2) is 5.40. The molecule has 0 aliphatic rings. The summed E-state index contributed by atoms with van der Waals surface area (Å²) in [5.74, 6) is -0.562. The summed E-state index contributed by atoms with van der Waals surface area (Å²) >= 11 is 0. The zero-order valence-corrected chi connectivity index (χ0v) is 11.3. The first-order valence-electron chi connectivity index (χ1n) is 6.23. The van der Waals surface area contributed by atoms with E-state index in [1.165, 1.54) is 0 Å². The van der Waals surface area contributed by atoms with E-state index in [0.29, 0.717) is 12.5 Å². The van der Waals surface area contributed by atoms with E-state index in [9.17, 15) is 4.79 Å². The maximum absolute atomic E-state index is 11.1. The predicted molar refractivity (Wildman–Crippen MR) is 72.4 cm³/mol. The van der Waals surface area contributed by atoms with Crippen molar-refractivity contribution in [2.24, 2.45) is 5.92 Å². The second-order valence-corrected chi connectivity index (χ2v) is 4.93. The van der Waals surface area contributed by atoms with E-state index < -0.39 is 5.97 Å². The molecule has 19 heavy (non-hydrogen) atoms. The average Bonchev–Trinajstić information content (AvgIpc) is 2.78. The minimum atomic E-state index is -0.928. The van der Waals surface area contributed by atoms with Crippen LogP contribution >= 0.6 is 0 Å². The fourth-order valence-electron chi connectivity index (χ4n) is 2.19. The van der Waals surface area contributed by atoms with E-state index in [1.54, 1.807) is 31.6 Å². The van der Waals surface area contributed by atoms with Gasteiger partial charge in [-0.15, -0.1) is 0 Å². The Balaban J connectivity index is 2.53. The second-order valence-electron chi connectivity index (χ2n) is 4.93. The number of methoxy groups -OCH3 is 1. The summed E-state index contributed by atoms with van der Waals surface area (Å²) in [5, 5.41) is 9.07. The van der Waals surface area contributed by atoms with Crippen LogP contribution in [0.15, 0.2) is 24.5 Å². The maximum Gasteiger partial charge on any atom is 0.335 e. The van der Waals surface area contributed by atoms with Gasteiger partial charge >= 0.3 is 5.97 Å². The van der Waals surface area contributed by atoms with E-state index in [4.69, 9.17) is 9.84 Å². The van der Waals surface area contributed by atoms with Crippen molar-refractivity contribution in [1.29, 1.82) is 0 Å². The molecule has 0 spiro atoms. The lowest BCUT2D eigenvalue weighted by Crippen LogP contribution is -2.19. The summed E-state index contributed by atoms with van der Waals surface area (Å²) in [4.78, 5) is 15.4. The Morgan fingerprint density at radius 1 is 1.47 bits per heavy atom. The molecule has 1 atom stereocenters. The molecule has 1 aromatic heterocycles. The topological polar surface area (TPSA) is 64.4 Å². The van der Waals surface area contributed by atoms with Crippen molar-refractivity contribution in [3.63, 3.8) is 0 Å². The molecule has 0 fully saturated rings. The first-order valence-corrected chi connectivity index (χ1v) is 6.23. The van der Waals surface area contributed by atoms with E-state index in [-0.39, 0.29) is 11.6 Å². The molecule has 0 amide bonds. The summed E-state index contributed by atoms with van der Waals surface area (Å²) in [6.07, 6.45) is 1.75. The molecule has 0 saturated heterocycles. The highest BCUT2D eigenvalue weighted by Crippen LogP contribution is 2.24. The Bertz CT molecular complexity index is 589. The van der Waals surface area contributed by atoms with Gasteiger partial charge in [0.25, 0.3) is 0 Å². The summed E-state index contributed by atoms with van der Waals surface area (Å²) in [7, 11) is 1.66. The summed E-state index contributed by atoms with van der Waals surface area (Å²) in [6, 6.07) is 5.11. The summed E-state index contributed by atoms with van der Waals surface area (Å²) in [5.41, 5.74) is 1.90. The standard InChI is InChI=1S/C14H18N2O3/c1-9(2)13(7-19-3)16-8-15-11-5-4-10(14(17)18)6-12(11)16/h4-6,8-9,13H,7H2,1-3H3,(H,17,18). The first kappa shape index (κ1) is 13.5. The van der Waals surface area contributed by atoms with Crippen LogP contribution in [-0.2, 0) is 4.74 Å². The van der Waals surface area contributed by atoms with Gasteiger partial charge in [-0.2, -0.15) is 0 Å². The van der Waals surface area contributed by atoms with Gasteiger partial charge in [0.2, 0.25) is 0 Å². The molecule has 0 aliphatic carbocycles. The molecule has 0 aliphatic heterocycles. The van der Waals surface area contributed by atoms with Crippen molar-refractivity contribution in [1.82, 2.24) is 9.55 Å². The Kier molecular flexibility index (Phi) is 3.85. The molecule has 0 bridgehead atoms. The smallest absolute Gasteiger partial charge is 0.335 e. The zero-order chi connectivity index (χ0) is 14.0. The number of aromatic nitrogens is 2. The van der Waals surface area contributed by atoms with Gasteiger partial charge in [-0.05, 0) is 24.1 Å². The van der Waals surface area contributed by atoms with Gasteiger partial charge < -0.3 is 14.4 Å². The number of fused-ring (bicyclic) bond motifs is 1. The molecular weight excluding hydrogens is 244 g/mol. The monoisotopic (exact) mass is 262 g/mol. The fraction of sp³-hybridized carbons (Fsp3) is 0.429. The molecule has 102 valence electrons. The zero-order valence-electron chi connectivity index (χ0n) is 11.3. The molecule has 2 aromatic rings. The Hall–Kier alpha value is -1.88. The third-order valence-corrected chi connectivity index (χ3v) is 3.29. The van der Waals surface area contributed by atoms with Crippen molar-refractivity contribution in [3.05, 3.63) is 30.1 Å². The minimum absolute atomic E-state index is 0.138. The van der Waals surface area contributed by atoms with Gasteiger partial charge in [-0.3, -0.25) is 0 Å². The van der Waals surface area contributed by atoms with E-state index in [0.717, 1.165) is 11.0 Å². The lowest BCUT2D eigenvalue weighted by Gasteiger charge is -2.22. The number of benzene rings is 1. The van der Waals surface area contributed by atoms with Gasteiger partial charge in [0.05, 0.1) is 35.6 Å². The van der Waals surface area contributed by atoms with Crippen LogP contribution in [0.1, 0.15) is 30.2 Å². The summed E-state index contributed by atoms with van der Waals surface area (Å²) < 4.78 is 7.25. The molecule has 0 radical (unpaired) electrons. The molecule has 2 rings (SSSR count). The van der Waals surface area contributed by atoms with Gasteiger partial charge in [-0.25, -0.2) is 9.78 Å². The molecule has 1 N–H and O–H groups in total. The molecule has 1 unspecified atom stereocenters. The first-order chi connectivity index (χ1) is 9.04. The van der Waals surface area contributed by atoms with Crippen LogP contribution in [0, 0.1) is 5.92 Å². The number of imidazole rings is 1. The van der Waals surface area contributed by atoms with Gasteiger partial charge in [0.1, 0.15) is 0 Å². The average molecular weight is 262 g/mol. The number of carboxylic acids is 1. The highest BCUT2D eigenvalue weighted by atomic mass is 16.5. The molecule has 0 saturated carbocycles. The van der Waals surface area contributed by atoms with Gasteiger partial charge in [-0.1, -0.05) is 13.8 Å². The Labute approximate surface area is 111 Å². The van der Waals surface area contributed by atoms with E-state index in [2.05, 4.69) is 18.8 Å². The number of hydrogen-bond acceptors (Lipinski definition) is 3. The van der Waals surface area contributed by atoms with Gasteiger partial charge in [0.15, 0.2) is 0 Å². The molecule has 5 heteroatoms. The SMILES string of the molecule is COCC(C(C)C)n1cnc2ccc(C(=O)O)cc21. The van der Waals surface area contributed by atoms with Crippen molar-refractivity contribution in [2.45, 2.75) is 19.9 Å². The normalized spacial score (nSPS) is 13.1. The van der Waals surface area contributed by atoms with Crippen molar-refractivity contribution >= 4 is 17.0 Å². The molecular formula is C14H18N2O3. The number of nitrogens with zero attached hydrogens (tertiary/aromatic N) is 2. The van der Waals surface area contributed by atoms with Crippen molar-refractivity contribution in [3.8, 4) is 0 Å². The maximum atomic E-state index is 11.1. The fourth-order valence-corrected chi connectivity index (χ4v) is 2.19. The Morgan fingerprint density at radius 2 is 2.21 bits per heavy atom. The predicted octanol–water partition coefficient (Wildman–Crippen LogP) is 2.58. The largest absolute Gasteiger partial charge is 0.478 e. The van der Waals surface area contributed by atoms with E-state index >= 15 is 0 Å². The highest BCUT2D eigenvalue weighted by Gasteiger charge is 2.18. The number of carbonyl (C=O) groups is 1. The van der Waals surface area contributed by atoms with Crippen LogP contribution in [0.3, 0.4) is 0 Å². The molecule has 1 aromatic carbocycles. The highest BCUT2D eigenvalue weighted by molar-refractivity contribution is 5.92. The van der Waals surface area contributed by atoms with E-state index in [1.807, 2.05) is 4.57 Å². The minimum Gasteiger partial charge on any atom is -0.478 e. The number of carboxylic acid groups (broad SMARTS) is 1. The summed E-state index contributed by atoms with van der Waals surface area (Å²) in [6.45, 7) is 4.79. The van der Waals surface area contributed by atoms with Crippen LogP contribution < -0.4 is 0 Å². The number of ether oxygens (including phenoxy) is 1. The quantitative estimate of drug-likeness (QED) is 0.899.